The predicted octanol–water partition coefficient (Wildman–Crippen LogP) is 1.97. The van der Waals surface area contributed by atoms with Crippen molar-refractivity contribution in [2.75, 3.05) is 5.75 Å². The minimum atomic E-state index is -0.927. The van der Waals surface area contributed by atoms with Gasteiger partial charge in [-0.1, -0.05) is 36.0 Å². The first kappa shape index (κ1) is 15.3. The van der Waals surface area contributed by atoms with Crippen LogP contribution in [0.3, 0.4) is 0 Å². The lowest BCUT2D eigenvalue weighted by Crippen LogP contribution is -2.15. The van der Waals surface area contributed by atoms with Crippen molar-refractivity contribution in [2.45, 2.75) is 25.0 Å². The molecular formula is C15H16N2O3S. The second kappa shape index (κ2) is 7.08. The fourth-order valence-electron chi connectivity index (χ4n) is 1.96. The zero-order valence-electron chi connectivity index (χ0n) is 11.7. The highest BCUT2D eigenvalue weighted by molar-refractivity contribution is 7.99. The Kier molecular flexibility index (Phi) is 5.16. The van der Waals surface area contributed by atoms with E-state index in [0.717, 1.165) is 18.2 Å². The lowest BCUT2D eigenvalue weighted by molar-refractivity contribution is -0.133. The SMILES string of the molecule is Cc1ccccc1CCn1ccc(=O)nc1SCC(=O)O. The summed E-state index contributed by atoms with van der Waals surface area (Å²) < 4.78 is 1.82. The van der Waals surface area contributed by atoms with Gasteiger partial charge in [-0.2, -0.15) is 4.98 Å². The standard InChI is InChI=1S/C15H16N2O3S/c1-11-4-2-3-5-12(11)6-8-17-9-7-13(18)16-15(17)21-10-14(19)20/h2-5,7,9H,6,8,10H2,1H3,(H,19,20). The van der Waals surface area contributed by atoms with Gasteiger partial charge in [-0.05, 0) is 24.5 Å². The molecule has 0 atom stereocenters. The number of hydrogen-bond acceptors (Lipinski definition) is 4. The van der Waals surface area contributed by atoms with Crippen LogP contribution >= 0.6 is 11.8 Å². The number of nitrogens with zero attached hydrogens (tertiary/aromatic N) is 2. The fourth-order valence-corrected chi connectivity index (χ4v) is 2.68. The molecule has 0 saturated heterocycles. The summed E-state index contributed by atoms with van der Waals surface area (Å²) in [5, 5.41) is 9.19. The Bertz CT molecular complexity index is 697. The van der Waals surface area contributed by atoms with Gasteiger partial charge in [0.2, 0.25) is 0 Å². The summed E-state index contributed by atoms with van der Waals surface area (Å²) in [4.78, 5) is 25.9. The van der Waals surface area contributed by atoms with Crippen molar-refractivity contribution in [1.29, 1.82) is 0 Å². The first-order valence-electron chi connectivity index (χ1n) is 6.53. The van der Waals surface area contributed by atoms with Crippen LogP contribution in [0.15, 0.2) is 46.5 Å². The molecule has 0 aliphatic carbocycles. The Hall–Kier alpha value is -2.08. The second-order valence-electron chi connectivity index (χ2n) is 4.60. The van der Waals surface area contributed by atoms with Gasteiger partial charge >= 0.3 is 5.97 Å². The zero-order valence-corrected chi connectivity index (χ0v) is 12.5. The van der Waals surface area contributed by atoms with Gasteiger partial charge in [0.05, 0.1) is 5.75 Å². The molecule has 0 unspecified atom stereocenters. The molecule has 110 valence electrons. The highest BCUT2D eigenvalue weighted by Gasteiger charge is 2.07. The van der Waals surface area contributed by atoms with E-state index in [1.54, 1.807) is 6.20 Å². The van der Waals surface area contributed by atoms with Crippen molar-refractivity contribution in [3.05, 3.63) is 58.0 Å². The fraction of sp³-hybridized carbons (Fsp3) is 0.267. The molecule has 6 heteroatoms. The second-order valence-corrected chi connectivity index (χ2v) is 5.54. The largest absolute Gasteiger partial charge is 0.481 e. The number of carboxylic acid groups (broad SMARTS) is 1. The lowest BCUT2D eigenvalue weighted by Gasteiger charge is -2.12. The summed E-state index contributed by atoms with van der Waals surface area (Å²) >= 11 is 1.06. The van der Waals surface area contributed by atoms with E-state index in [-0.39, 0.29) is 11.3 Å². The number of aromatic nitrogens is 2. The number of thioether (sulfide) groups is 1. The van der Waals surface area contributed by atoms with Crippen molar-refractivity contribution in [2.24, 2.45) is 0 Å². The molecule has 0 bridgehead atoms. The van der Waals surface area contributed by atoms with E-state index >= 15 is 0 Å². The van der Waals surface area contributed by atoms with Gasteiger partial charge in [0, 0.05) is 18.8 Å². The van der Waals surface area contributed by atoms with Crippen LogP contribution in [0.25, 0.3) is 0 Å². The number of aryl methyl sites for hydroxylation is 3. The summed E-state index contributed by atoms with van der Waals surface area (Å²) in [6.07, 6.45) is 2.47. The van der Waals surface area contributed by atoms with Gasteiger partial charge in [0.25, 0.3) is 5.56 Å². The van der Waals surface area contributed by atoms with Crippen LogP contribution in [0.1, 0.15) is 11.1 Å². The third-order valence-corrected chi connectivity index (χ3v) is 4.03. The Morgan fingerprint density at radius 3 is 2.81 bits per heavy atom. The monoisotopic (exact) mass is 304 g/mol. The molecule has 0 aliphatic heterocycles. The van der Waals surface area contributed by atoms with Crippen LogP contribution in [0.2, 0.25) is 0 Å². The van der Waals surface area contributed by atoms with Gasteiger partial charge < -0.3 is 9.67 Å². The van der Waals surface area contributed by atoms with Crippen molar-refractivity contribution >= 4 is 17.7 Å². The van der Waals surface area contributed by atoms with Crippen LogP contribution in [-0.2, 0) is 17.8 Å². The van der Waals surface area contributed by atoms with E-state index < -0.39 is 5.97 Å². The van der Waals surface area contributed by atoms with Gasteiger partial charge in [0.15, 0.2) is 5.16 Å². The highest BCUT2D eigenvalue weighted by Crippen LogP contribution is 2.15. The summed E-state index contributed by atoms with van der Waals surface area (Å²) in [5.41, 5.74) is 2.09. The molecule has 0 aliphatic rings. The average molecular weight is 304 g/mol. The number of benzene rings is 1. The molecule has 5 nitrogen and oxygen atoms in total. The quantitative estimate of drug-likeness (QED) is 0.652. The minimum Gasteiger partial charge on any atom is -0.481 e. The van der Waals surface area contributed by atoms with E-state index in [0.29, 0.717) is 11.7 Å². The number of carbonyl (C=O) groups is 1. The van der Waals surface area contributed by atoms with E-state index in [9.17, 15) is 9.59 Å². The van der Waals surface area contributed by atoms with Gasteiger partial charge in [-0.15, -0.1) is 0 Å². The van der Waals surface area contributed by atoms with Crippen LogP contribution in [-0.4, -0.2) is 26.4 Å². The third-order valence-electron chi connectivity index (χ3n) is 3.06. The molecule has 1 heterocycles. The summed E-state index contributed by atoms with van der Waals surface area (Å²) in [6.45, 7) is 2.71. The van der Waals surface area contributed by atoms with E-state index in [1.807, 2.05) is 16.7 Å². The molecule has 1 aromatic heterocycles. The number of hydrogen-bond donors (Lipinski definition) is 1. The molecule has 2 rings (SSSR count). The summed E-state index contributed by atoms with van der Waals surface area (Å²) in [6, 6.07) is 9.50. The molecule has 0 amide bonds. The van der Waals surface area contributed by atoms with Crippen molar-refractivity contribution in [1.82, 2.24) is 9.55 Å². The van der Waals surface area contributed by atoms with Crippen molar-refractivity contribution in [3.8, 4) is 0 Å². The zero-order chi connectivity index (χ0) is 15.2. The first-order valence-corrected chi connectivity index (χ1v) is 7.51. The highest BCUT2D eigenvalue weighted by atomic mass is 32.2. The van der Waals surface area contributed by atoms with E-state index in [1.165, 1.54) is 17.2 Å². The Balaban J connectivity index is 2.14. The number of carboxylic acids is 1. The lowest BCUT2D eigenvalue weighted by atomic mass is 10.1. The maximum absolute atomic E-state index is 11.3. The molecule has 0 fully saturated rings. The normalized spacial score (nSPS) is 10.5. The molecule has 0 spiro atoms. The van der Waals surface area contributed by atoms with E-state index in [4.69, 9.17) is 5.11 Å². The van der Waals surface area contributed by atoms with E-state index in [2.05, 4.69) is 24.0 Å². The number of rotatable bonds is 6. The Morgan fingerprint density at radius 1 is 1.33 bits per heavy atom. The number of aliphatic carboxylic acids is 1. The molecule has 2 aromatic rings. The first-order chi connectivity index (χ1) is 10.1. The predicted molar refractivity (Wildman–Crippen MR) is 81.7 cm³/mol. The van der Waals surface area contributed by atoms with Gasteiger partial charge in [-0.25, -0.2) is 0 Å². The molecule has 0 radical (unpaired) electrons. The van der Waals surface area contributed by atoms with Crippen LogP contribution in [0.5, 0.6) is 0 Å². The summed E-state index contributed by atoms with van der Waals surface area (Å²) in [5.74, 6) is -1.04. The van der Waals surface area contributed by atoms with Gasteiger partial charge in [-0.3, -0.25) is 9.59 Å². The third kappa shape index (κ3) is 4.46. The molecular weight excluding hydrogens is 288 g/mol. The maximum Gasteiger partial charge on any atom is 0.313 e. The Labute approximate surface area is 126 Å². The Morgan fingerprint density at radius 2 is 2.10 bits per heavy atom. The molecule has 21 heavy (non-hydrogen) atoms. The maximum atomic E-state index is 11.3. The molecule has 0 saturated carbocycles. The minimum absolute atomic E-state index is 0.110. The molecule has 1 aromatic carbocycles. The summed E-state index contributed by atoms with van der Waals surface area (Å²) in [7, 11) is 0. The van der Waals surface area contributed by atoms with Crippen LogP contribution in [0.4, 0.5) is 0 Å². The van der Waals surface area contributed by atoms with Crippen LogP contribution in [0, 0.1) is 6.92 Å². The topological polar surface area (TPSA) is 72.2 Å². The molecule has 1 N–H and O–H groups in total. The average Bonchev–Trinajstić information content (AvgIpc) is 2.45. The van der Waals surface area contributed by atoms with Crippen LogP contribution < -0.4 is 5.56 Å². The van der Waals surface area contributed by atoms with Crippen molar-refractivity contribution < 1.29 is 9.90 Å². The van der Waals surface area contributed by atoms with Gasteiger partial charge in [0.1, 0.15) is 0 Å². The smallest absolute Gasteiger partial charge is 0.313 e. The van der Waals surface area contributed by atoms with Crippen molar-refractivity contribution in [3.63, 3.8) is 0 Å².